The molecule has 0 radical (unpaired) electrons. The van der Waals surface area contributed by atoms with E-state index in [0.717, 1.165) is 5.76 Å². The largest absolute Gasteiger partial charge is 0.470 e. The van der Waals surface area contributed by atoms with Gasteiger partial charge in [-0.1, -0.05) is 13.8 Å². The lowest BCUT2D eigenvalue weighted by Gasteiger charge is -2.13. The molecule has 2 unspecified atom stereocenters. The summed E-state index contributed by atoms with van der Waals surface area (Å²) in [5, 5.41) is 0. The van der Waals surface area contributed by atoms with Crippen LogP contribution < -0.4 is 0 Å². The summed E-state index contributed by atoms with van der Waals surface area (Å²) in [4.78, 5) is 0. The van der Waals surface area contributed by atoms with E-state index in [1.807, 2.05) is 13.2 Å². The fourth-order valence-corrected chi connectivity index (χ4v) is 1.26. The Kier molecular flexibility index (Phi) is 2.38. The molecular formula is C10H16O. The minimum atomic E-state index is 0.591. The third kappa shape index (κ3) is 1.86. The zero-order valence-corrected chi connectivity index (χ0v) is 7.72. The summed E-state index contributed by atoms with van der Waals surface area (Å²) >= 11 is 0. The molecule has 62 valence electrons. The third-order valence-corrected chi connectivity index (χ3v) is 2.44. The van der Waals surface area contributed by atoms with Crippen LogP contribution in [0.3, 0.4) is 0 Å². The van der Waals surface area contributed by atoms with Gasteiger partial charge in [-0.05, 0) is 37.3 Å². The lowest BCUT2D eigenvalue weighted by molar-refractivity contribution is 0.350. The second-order valence-electron chi connectivity index (χ2n) is 3.40. The van der Waals surface area contributed by atoms with E-state index in [-0.39, 0.29) is 0 Å². The van der Waals surface area contributed by atoms with E-state index in [2.05, 4.69) is 26.8 Å². The molecule has 0 saturated heterocycles. The molecule has 0 bridgehead atoms. The Hall–Kier alpha value is -0.720. The Morgan fingerprint density at radius 2 is 1.91 bits per heavy atom. The molecular weight excluding hydrogens is 136 g/mol. The molecule has 0 aromatic carbocycles. The van der Waals surface area contributed by atoms with Crippen LogP contribution in [-0.4, -0.2) is 0 Å². The first kappa shape index (κ1) is 8.38. The van der Waals surface area contributed by atoms with Crippen molar-refractivity contribution in [1.29, 1.82) is 0 Å². The molecule has 0 aromatic rings. The molecule has 1 rings (SSSR count). The highest BCUT2D eigenvalue weighted by molar-refractivity contribution is 5.10. The normalized spacial score (nSPS) is 31.6. The van der Waals surface area contributed by atoms with Crippen molar-refractivity contribution in [3.8, 4) is 0 Å². The third-order valence-electron chi connectivity index (χ3n) is 2.44. The van der Waals surface area contributed by atoms with Gasteiger partial charge in [0.15, 0.2) is 0 Å². The Bertz CT molecular complexity index is 201. The average molecular weight is 152 g/mol. The van der Waals surface area contributed by atoms with Crippen molar-refractivity contribution >= 4 is 0 Å². The van der Waals surface area contributed by atoms with E-state index in [1.165, 1.54) is 5.57 Å². The van der Waals surface area contributed by atoms with E-state index in [1.54, 1.807) is 0 Å². The van der Waals surface area contributed by atoms with Gasteiger partial charge in [-0.25, -0.2) is 0 Å². The summed E-state index contributed by atoms with van der Waals surface area (Å²) in [6.45, 7) is 8.57. The van der Waals surface area contributed by atoms with Gasteiger partial charge in [-0.2, -0.15) is 0 Å². The van der Waals surface area contributed by atoms with Crippen LogP contribution in [-0.2, 0) is 4.74 Å². The van der Waals surface area contributed by atoms with Crippen LogP contribution in [0.5, 0.6) is 0 Å². The van der Waals surface area contributed by atoms with Crippen molar-refractivity contribution < 1.29 is 4.74 Å². The summed E-state index contributed by atoms with van der Waals surface area (Å²) in [6.07, 6.45) is 4.04. The summed E-state index contributed by atoms with van der Waals surface area (Å²) in [5.74, 6) is 2.21. The number of hydrogen-bond acceptors (Lipinski definition) is 1. The molecule has 1 heterocycles. The van der Waals surface area contributed by atoms with Gasteiger partial charge in [0.1, 0.15) is 0 Å². The second-order valence-corrected chi connectivity index (χ2v) is 3.40. The molecule has 0 saturated carbocycles. The maximum Gasteiger partial charge on any atom is 0.0964 e. The minimum Gasteiger partial charge on any atom is -0.470 e. The summed E-state index contributed by atoms with van der Waals surface area (Å²) in [5.41, 5.74) is 1.32. The topological polar surface area (TPSA) is 9.23 Å². The molecule has 0 amide bonds. The molecule has 0 N–H and O–H groups in total. The maximum atomic E-state index is 5.35. The maximum absolute atomic E-state index is 5.35. The molecule has 1 nitrogen and oxygen atoms in total. The van der Waals surface area contributed by atoms with Gasteiger partial charge in [0, 0.05) is 0 Å². The van der Waals surface area contributed by atoms with Gasteiger partial charge in [0.05, 0.1) is 12.0 Å². The van der Waals surface area contributed by atoms with Crippen molar-refractivity contribution in [1.82, 2.24) is 0 Å². The second kappa shape index (κ2) is 3.12. The van der Waals surface area contributed by atoms with E-state index >= 15 is 0 Å². The molecule has 0 aliphatic carbocycles. The predicted molar refractivity (Wildman–Crippen MR) is 46.9 cm³/mol. The van der Waals surface area contributed by atoms with Crippen molar-refractivity contribution in [2.45, 2.75) is 27.7 Å². The number of ether oxygens (including phenoxy) is 1. The number of rotatable bonds is 0. The highest BCUT2D eigenvalue weighted by atomic mass is 16.5. The minimum absolute atomic E-state index is 0.591. The first-order valence-electron chi connectivity index (χ1n) is 4.13. The number of allylic oxidation sites excluding steroid dienone is 3. The Morgan fingerprint density at radius 3 is 2.55 bits per heavy atom. The fraction of sp³-hybridized carbons (Fsp3) is 0.600. The SMILES string of the molecule is CC1=CC(C)C(C)C(C)=CO1. The fourth-order valence-electron chi connectivity index (χ4n) is 1.26. The van der Waals surface area contributed by atoms with Crippen molar-refractivity contribution in [3.63, 3.8) is 0 Å². The zero-order valence-electron chi connectivity index (χ0n) is 7.72. The molecule has 11 heavy (non-hydrogen) atoms. The average Bonchev–Trinajstić information content (AvgIpc) is 2.05. The van der Waals surface area contributed by atoms with Crippen LogP contribution in [0.15, 0.2) is 23.7 Å². The van der Waals surface area contributed by atoms with Gasteiger partial charge in [0.25, 0.3) is 0 Å². The van der Waals surface area contributed by atoms with Crippen LogP contribution >= 0.6 is 0 Å². The van der Waals surface area contributed by atoms with Crippen LogP contribution in [0.2, 0.25) is 0 Å². The standard InChI is InChI=1S/C10H16O/c1-7-5-9(3)11-6-8(2)10(7)4/h5-7,10H,1-4H3. The van der Waals surface area contributed by atoms with E-state index < -0.39 is 0 Å². The molecule has 1 aliphatic rings. The van der Waals surface area contributed by atoms with Gasteiger partial charge in [-0.15, -0.1) is 0 Å². The van der Waals surface area contributed by atoms with Crippen molar-refractivity contribution in [2.24, 2.45) is 11.8 Å². The smallest absolute Gasteiger partial charge is 0.0964 e. The quantitative estimate of drug-likeness (QED) is 0.518. The van der Waals surface area contributed by atoms with Gasteiger partial charge in [0.2, 0.25) is 0 Å². The molecule has 0 aromatic heterocycles. The molecule has 0 spiro atoms. The monoisotopic (exact) mass is 152 g/mol. The van der Waals surface area contributed by atoms with E-state index in [0.29, 0.717) is 11.8 Å². The Morgan fingerprint density at radius 1 is 1.27 bits per heavy atom. The predicted octanol–water partition coefficient (Wildman–Crippen LogP) is 3.10. The summed E-state index contributed by atoms with van der Waals surface area (Å²) in [7, 11) is 0. The lowest BCUT2D eigenvalue weighted by atomic mass is 9.90. The van der Waals surface area contributed by atoms with Crippen LogP contribution in [0.25, 0.3) is 0 Å². The molecule has 1 heteroatoms. The van der Waals surface area contributed by atoms with Crippen molar-refractivity contribution in [3.05, 3.63) is 23.7 Å². The molecule has 1 aliphatic heterocycles. The van der Waals surface area contributed by atoms with Gasteiger partial charge in [-0.3, -0.25) is 0 Å². The van der Waals surface area contributed by atoms with Gasteiger partial charge >= 0.3 is 0 Å². The van der Waals surface area contributed by atoms with Crippen LogP contribution in [0, 0.1) is 11.8 Å². The zero-order chi connectivity index (χ0) is 8.43. The Labute approximate surface area is 68.8 Å². The van der Waals surface area contributed by atoms with Crippen LogP contribution in [0.1, 0.15) is 27.7 Å². The highest BCUT2D eigenvalue weighted by Crippen LogP contribution is 2.25. The Balaban J connectivity index is 2.84. The summed E-state index contributed by atoms with van der Waals surface area (Å²) in [6, 6.07) is 0. The van der Waals surface area contributed by atoms with E-state index in [4.69, 9.17) is 4.74 Å². The number of hydrogen-bond donors (Lipinski definition) is 0. The lowest BCUT2D eigenvalue weighted by Crippen LogP contribution is -2.05. The van der Waals surface area contributed by atoms with Crippen LogP contribution in [0.4, 0.5) is 0 Å². The highest BCUT2D eigenvalue weighted by Gasteiger charge is 2.14. The first-order valence-corrected chi connectivity index (χ1v) is 4.13. The van der Waals surface area contributed by atoms with E-state index in [9.17, 15) is 0 Å². The van der Waals surface area contributed by atoms with Gasteiger partial charge < -0.3 is 4.74 Å². The molecule has 0 fully saturated rings. The summed E-state index contributed by atoms with van der Waals surface area (Å²) < 4.78 is 5.35. The molecule has 2 atom stereocenters. The first-order chi connectivity index (χ1) is 5.11. The van der Waals surface area contributed by atoms with Crippen molar-refractivity contribution in [2.75, 3.05) is 0 Å².